The van der Waals surface area contributed by atoms with Crippen LogP contribution in [0.5, 0.6) is 5.75 Å². The Bertz CT molecular complexity index is 614. The van der Waals surface area contributed by atoms with Gasteiger partial charge in [0, 0.05) is 5.56 Å². The second-order valence-corrected chi connectivity index (χ2v) is 4.76. The molecule has 2 aromatic rings. The molecule has 20 heavy (non-hydrogen) atoms. The molecule has 0 aliphatic heterocycles. The number of benzene rings is 1. The van der Waals surface area contributed by atoms with Crippen molar-refractivity contribution in [1.29, 1.82) is 0 Å². The molecule has 0 atom stereocenters. The van der Waals surface area contributed by atoms with Crippen molar-refractivity contribution in [3.05, 3.63) is 24.3 Å². The molecular formula is C12H14N4O3S. The fourth-order valence-corrected chi connectivity index (χ4v) is 2.17. The lowest BCUT2D eigenvalue weighted by Crippen LogP contribution is -2.12. The molecule has 0 aliphatic rings. The Labute approximate surface area is 119 Å². The van der Waals surface area contributed by atoms with Crippen LogP contribution in [0, 0.1) is 0 Å². The van der Waals surface area contributed by atoms with Gasteiger partial charge in [-0.1, -0.05) is 23.9 Å². The summed E-state index contributed by atoms with van der Waals surface area (Å²) < 4.78 is 6.69. The predicted octanol–water partition coefficient (Wildman–Crippen LogP) is 1.23. The first-order chi connectivity index (χ1) is 9.61. The Morgan fingerprint density at radius 3 is 3.00 bits per heavy atom. The van der Waals surface area contributed by atoms with Gasteiger partial charge in [-0.05, 0) is 19.1 Å². The van der Waals surface area contributed by atoms with E-state index in [0.717, 1.165) is 17.3 Å². The van der Waals surface area contributed by atoms with Crippen LogP contribution in [0.15, 0.2) is 29.4 Å². The Kier molecular flexibility index (Phi) is 4.46. The van der Waals surface area contributed by atoms with Crippen molar-refractivity contribution in [2.75, 3.05) is 18.2 Å². The summed E-state index contributed by atoms with van der Waals surface area (Å²) in [4.78, 5) is 10.5. The summed E-state index contributed by atoms with van der Waals surface area (Å²) in [6.45, 7) is 2.47. The third-order valence-electron chi connectivity index (χ3n) is 2.39. The number of nitrogen functional groups attached to an aromatic ring is 1. The zero-order chi connectivity index (χ0) is 14.5. The number of hydrogen-bond acceptors (Lipinski definition) is 6. The average molecular weight is 294 g/mol. The van der Waals surface area contributed by atoms with Gasteiger partial charge in [-0.25, -0.2) is 4.68 Å². The molecule has 0 saturated carbocycles. The van der Waals surface area contributed by atoms with Crippen LogP contribution in [0.3, 0.4) is 0 Å². The molecule has 2 rings (SSSR count). The maximum Gasteiger partial charge on any atom is 0.313 e. The average Bonchev–Trinajstić information content (AvgIpc) is 2.78. The van der Waals surface area contributed by atoms with E-state index in [4.69, 9.17) is 15.7 Å². The molecule has 0 bridgehead atoms. The SMILES string of the molecule is CCOc1cccc(-c2nnc(SCC(=O)O)n2N)c1. The van der Waals surface area contributed by atoms with E-state index >= 15 is 0 Å². The zero-order valence-electron chi connectivity index (χ0n) is 10.8. The summed E-state index contributed by atoms with van der Waals surface area (Å²) in [5.41, 5.74) is 0.758. The minimum absolute atomic E-state index is 0.117. The zero-order valence-corrected chi connectivity index (χ0v) is 11.6. The fraction of sp³-hybridized carbons (Fsp3) is 0.250. The van der Waals surface area contributed by atoms with Crippen LogP contribution in [-0.2, 0) is 4.79 Å². The molecule has 0 saturated heterocycles. The normalized spacial score (nSPS) is 10.4. The van der Waals surface area contributed by atoms with E-state index in [-0.39, 0.29) is 5.75 Å². The third-order valence-corrected chi connectivity index (χ3v) is 3.32. The second kappa shape index (κ2) is 6.29. The van der Waals surface area contributed by atoms with Gasteiger partial charge in [0.05, 0.1) is 12.4 Å². The summed E-state index contributed by atoms with van der Waals surface area (Å²) in [7, 11) is 0. The molecule has 1 aromatic heterocycles. The topological polar surface area (TPSA) is 103 Å². The molecule has 0 aliphatic carbocycles. The van der Waals surface area contributed by atoms with Gasteiger partial charge < -0.3 is 15.7 Å². The molecule has 106 valence electrons. The maximum absolute atomic E-state index is 10.5. The minimum Gasteiger partial charge on any atom is -0.494 e. The van der Waals surface area contributed by atoms with E-state index in [1.54, 1.807) is 0 Å². The van der Waals surface area contributed by atoms with Gasteiger partial charge in [-0.2, -0.15) is 0 Å². The van der Waals surface area contributed by atoms with E-state index in [0.29, 0.717) is 23.3 Å². The molecular weight excluding hydrogens is 280 g/mol. The number of hydrogen-bond donors (Lipinski definition) is 2. The number of aromatic nitrogens is 3. The number of rotatable bonds is 6. The molecule has 0 fully saturated rings. The summed E-state index contributed by atoms with van der Waals surface area (Å²) >= 11 is 1.02. The smallest absolute Gasteiger partial charge is 0.313 e. The second-order valence-electron chi connectivity index (χ2n) is 3.82. The Hall–Kier alpha value is -2.22. The Morgan fingerprint density at radius 2 is 2.30 bits per heavy atom. The monoisotopic (exact) mass is 294 g/mol. The molecule has 0 amide bonds. The maximum atomic E-state index is 10.5. The van der Waals surface area contributed by atoms with Crippen molar-refractivity contribution in [3.63, 3.8) is 0 Å². The van der Waals surface area contributed by atoms with Gasteiger partial charge >= 0.3 is 5.97 Å². The lowest BCUT2D eigenvalue weighted by Gasteiger charge is -2.06. The number of nitrogens with zero attached hydrogens (tertiary/aromatic N) is 3. The van der Waals surface area contributed by atoms with E-state index in [1.165, 1.54) is 4.68 Å². The van der Waals surface area contributed by atoms with Crippen molar-refractivity contribution >= 4 is 17.7 Å². The first-order valence-electron chi connectivity index (χ1n) is 5.90. The highest BCUT2D eigenvalue weighted by atomic mass is 32.2. The van der Waals surface area contributed by atoms with Crippen LogP contribution >= 0.6 is 11.8 Å². The molecule has 1 aromatic carbocycles. The number of nitrogens with two attached hydrogens (primary N) is 1. The van der Waals surface area contributed by atoms with Gasteiger partial charge in [0.1, 0.15) is 5.75 Å². The minimum atomic E-state index is -0.933. The third kappa shape index (κ3) is 3.21. The summed E-state index contributed by atoms with van der Waals surface area (Å²) in [6, 6.07) is 7.31. The first-order valence-corrected chi connectivity index (χ1v) is 6.88. The quantitative estimate of drug-likeness (QED) is 0.610. The molecule has 0 spiro atoms. The van der Waals surface area contributed by atoms with Crippen molar-refractivity contribution < 1.29 is 14.6 Å². The molecule has 0 unspecified atom stereocenters. The fourth-order valence-electron chi connectivity index (χ4n) is 1.59. The van der Waals surface area contributed by atoms with Crippen molar-refractivity contribution in [2.24, 2.45) is 0 Å². The number of aliphatic carboxylic acids is 1. The van der Waals surface area contributed by atoms with Crippen LogP contribution in [0.25, 0.3) is 11.4 Å². The molecule has 0 radical (unpaired) electrons. The number of carboxylic acids is 1. The van der Waals surface area contributed by atoms with Gasteiger partial charge in [0.15, 0.2) is 5.82 Å². The van der Waals surface area contributed by atoms with Gasteiger partial charge in [0.2, 0.25) is 5.16 Å². The molecule has 7 nitrogen and oxygen atoms in total. The van der Waals surface area contributed by atoms with Gasteiger partial charge in [0.25, 0.3) is 0 Å². The summed E-state index contributed by atoms with van der Waals surface area (Å²) in [6.07, 6.45) is 0. The van der Waals surface area contributed by atoms with Crippen LogP contribution in [-0.4, -0.2) is 38.3 Å². The van der Waals surface area contributed by atoms with Crippen LogP contribution < -0.4 is 10.6 Å². The molecule has 3 N–H and O–H groups in total. The van der Waals surface area contributed by atoms with E-state index < -0.39 is 5.97 Å². The van der Waals surface area contributed by atoms with E-state index in [9.17, 15) is 4.79 Å². The first kappa shape index (κ1) is 14.2. The van der Waals surface area contributed by atoms with Crippen LogP contribution in [0.2, 0.25) is 0 Å². The standard InChI is InChI=1S/C12H14N4O3S/c1-2-19-9-5-3-4-8(6-9)11-14-15-12(16(11)13)20-7-10(17)18/h3-6H,2,7,13H2,1H3,(H,17,18). The van der Waals surface area contributed by atoms with Gasteiger partial charge in [-0.3, -0.25) is 4.79 Å². The Morgan fingerprint density at radius 1 is 1.50 bits per heavy atom. The largest absolute Gasteiger partial charge is 0.494 e. The highest BCUT2D eigenvalue weighted by molar-refractivity contribution is 7.99. The summed E-state index contributed by atoms with van der Waals surface area (Å²) in [5.74, 6) is 6.01. The predicted molar refractivity (Wildman–Crippen MR) is 75.1 cm³/mol. The number of ether oxygens (including phenoxy) is 1. The highest BCUT2D eigenvalue weighted by Crippen LogP contribution is 2.24. The lowest BCUT2D eigenvalue weighted by atomic mass is 10.2. The van der Waals surface area contributed by atoms with Crippen molar-refractivity contribution in [1.82, 2.24) is 14.9 Å². The summed E-state index contributed by atoms with van der Waals surface area (Å²) in [5, 5.41) is 16.9. The number of carboxylic acid groups (broad SMARTS) is 1. The van der Waals surface area contributed by atoms with Gasteiger partial charge in [-0.15, -0.1) is 10.2 Å². The number of thioether (sulfide) groups is 1. The highest BCUT2D eigenvalue weighted by Gasteiger charge is 2.13. The van der Waals surface area contributed by atoms with Crippen LogP contribution in [0.4, 0.5) is 0 Å². The van der Waals surface area contributed by atoms with E-state index in [2.05, 4.69) is 10.2 Å². The lowest BCUT2D eigenvalue weighted by molar-refractivity contribution is -0.133. The molecule has 1 heterocycles. The van der Waals surface area contributed by atoms with Crippen molar-refractivity contribution in [3.8, 4) is 17.1 Å². The Balaban J connectivity index is 2.24. The number of carbonyl (C=O) groups is 1. The molecule has 8 heteroatoms. The van der Waals surface area contributed by atoms with Crippen molar-refractivity contribution in [2.45, 2.75) is 12.1 Å². The van der Waals surface area contributed by atoms with E-state index in [1.807, 2.05) is 31.2 Å². The van der Waals surface area contributed by atoms with Crippen LogP contribution in [0.1, 0.15) is 6.92 Å².